The molecule has 0 spiro atoms. The molecule has 13 heteroatoms. The summed E-state index contributed by atoms with van der Waals surface area (Å²) in [4.78, 5) is 40.3. The number of rotatable bonds is 8. The zero-order chi connectivity index (χ0) is 33.5. The van der Waals surface area contributed by atoms with Gasteiger partial charge in [0, 0.05) is 67.0 Å². The highest BCUT2D eigenvalue weighted by atomic mass is 32.2. The number of halogens is 1. The van der Waals surface area contributed by atoms with Crippen LogP contribution < -0.4 is 21.7 Å². The molecule has 1 aliphatic carbocycles. The molecule has 47 heavy (non-hydrogen) atoms. The predicted molar refractivity (Wildman–Crippen MR) is 180 cm³/mol. The van der Waals surface area contributed by atoms with Crippen molar-refractivity contribution >= 4 is 44.3 Å². The number of hydrogen-bond donors (Lipinski definition) is 4. The number of primary amides is 1. The maximum Gasteiger partial charge on any atom is 0.315 e. The fraction of sp³-hybridized carbons (Fsp3) is 0.500. The standard InChI is InChI=1S/C34H43FN6O5S/c1-34(2)19-29-31(26-10-4-22(35)18-28(26)41(29)30(42)20-34)21-3-9-25(32(36)43)27(17-21)38-23-5-7-24(8-6-23)39-33(44)37-11-12-40-13-15-47(45,46)16-14-40/h3-4,9-10,17-18,23-24,38H,5-8,11-16,19-20H2,1-2H3,(H2,36,43)(H2,37,39,44)/t23-,24-. The minimum Gasteiger partial charge on any atom is -0.382 e. The average Bonchev–Trinajstić information content (AvgIpc) is 3.31. The second-order valence-corrected chi connectivity index (χ2v) is 16.2. The molecule has 0 atom stereocenters. The van der Waals surface area contributed by atoms with Crippen molar-refractivity contribution in [2.75, 3.05) is 43.0 Å². The zero-order valence-electron chi connectivity index (χ0n) is 26.9. The highest BCUT2D eigenvalue weighted by molar-refractivity contribution is 7.91. The molecule has 0 unspecified atom stereocenters. The number of carbonyl (C=O) groups is 3. The van der Waals surface area contributed by atoms with Crippen LogP contribution in [0.25, 0.3) is 22.0 Å². The monoisotopic (exact) mass is 666 g/mol. The van der Waals surface area contributed by atoms with Crippen LogP contribution in [0.2, 0.25) is 0 Å². The second-order valence-electron chi connectivity index (χ2n) is 13.9. The van der Waals surface area contributed by atoms with Gasteiger partial charge in [-0.1, -0.05) is 19.9 Å². The second kappa shape index (κ2) is 12.9. The maximum absolute atomic E-state index is 14.4. The molecule has 2 fully saturated rings. The summed E-state index contributed by atoms with van der Waals surface area (Å²) in [5, 5.41) is 10.2. The highest BCUT2D eigenvalue weighted by Gasteiger charge is 2.35. The van der Waals surface area contributed by atoms with Gasteiger partial charge in [0.25, 0.3) is 5.91 Å². The molecular formula is C34H43FN6O5S. The molecule has 2 aromatic carbocycles. The van der Waals surface area contributed by atoms with Crippen LogP contribution in [0.1, 0.15) is 66.8 Å². The minimum atomic E-state index is -2.93. The molecule has 3 aliphatic rings. The van der Waals surface area contributed by atoms with Gasteiger partial charge < -0.3 is 21.7 Å². The van der Waals surface area contributed by atoms with E-state index in [1.165, 1.54) is 12.1 Å². The van der Waals surface area contributed by atoms with Crippen LogP contribution in [-0.4, -0.2) is 85.5 Å². The number of nitrogens with zero attached hydrogens (tertiary/aromatic N) is 2. The third-order valence-electron chi connectivity index (χ3n) is 9.70. The van der Waals surface area contributed by atoms with Crippen molar-refractivity contribution in [3.05, 3.63) is 53.5 Å². The molecule has 5 N–H and O–H groups in total. The van der Waals surface area contributed by atoms with Crippen LogP contribution in [-0.2, 0) is 16.3 Å². The van der Waals surface area contributed by atoms with Crippen LogP contribution in [0.5, 0.6) is 0 Å². The molecule has 252 valence electrons. The molecule has 1 saturated carbocycles. The molecule has 6 rings (SSSR count). The number of hydrogen-bond acceptors (Lipinski definition) is 7. The topological polar surface area (TPSA) is 156 Å². The van der Waals surface area contributed by atoms with E-state index in [4.69, 9.17) is 5.73 Å². The van der Waals surface area contributed by atoms with E-state index in [1.54, 1.807) is 16.7 Å². The average molecular weight is 667 g/mol. The van der Waals surface area contributed by atoms with Crippen molar-refractivity contribution in [1.82, 2.24) is 20.1 Å². The first-order valence-corrected chi connectivity index (χ1v) is 18.1. The quantitative estimate of drug-likeness (QED) is 0.284. The Morgan fingerprint density at radius 1 is 1.00 bits per heavy atom. The van der Waals surface area contributed by atoms with Crippen molar-refractivity contribution in [2.24, 2.45) is 11.1 Å². The first-order chi connectivity index (χ1) is 22.3. The van der Waals surface area contributed by atoms with Gasteiger partial charge in [-0.2, -0.15) is 0 Å². The normalized spacial score (nSPS) is 22.4. The van der Waals surface area contributed by atoms with Crippen molar-refractivity contribution in [2.45, 2.75) is 64.5 Å². The third-order valence-corrected chi connectivity index (χ3v) is 11.3. The molecule has 1 saturated heterocycles. The van der Waals surface area contributed by atoms with E-state index in [2.05, 4.69) is 29.8 Å². The number of fused-ring (bicyclic) bond motifs is 3. The Labute approximate surface area is 274 Å². The number of amides is 3. The lowest BCUT2D eigenvalue weighted by molar-refractivity contribution is 0.0816. The number of urea groups is 1. The lowest BCUT2D eigenvalue weighted by atomic mass is 9.80. The van der Waals surface area contributed by atoms with E-state index in [-0.39, 0.29) is 40.9 Å². The van der Waals surface area contributed by atoms with Crippen molar-refractivity contribution in [3.8, 4) is 11.1 Å². The smallest absolute Gasteiger partial charge is 0.315 e. The Bertz CT molecular complexity index is 1820. The number of carbonyl (C=O) groups excluding carboxylic acids is 3. The Kier molecular flexibility index (Phi) is 9.05. The molecule has 11 nitrogen and oxygen atoms in total. The van der Waals surface area contributed by atoms with Crippen LogP contribution in [0.3, 0.4) is 0 Å². The number of benzene rings is 2. The van der Waals surface area contributed by atoms with E-state index in [1.807, 2.05) is 17.0 Å². The molecule has 0 radical (unpaired) electrons. The number of sulfone groups is 1. The summed E-state index contributed by atoms with van der Waals surface area (Å²) in [7, 11) is -2.93. The van der Waals surface area contributed by atoms with Crippen LogP contribution in [0, 0.1) is 11.2 Å². The SMILES string of the molecule is CC1(C)CC(=O)n2c(c(-c3ccc(C(N)=O)c(N[C@H]4CC[C@H](NC(=O)NCCN5CCS(=O)(=O)CC5)CC4)c3)c3ccc(F)cc32)C1. The fourth-order valence-electron chi connectivity index (χ4n) is 7.27. The highest BCUT2D eigenvalue weighted by Crippen LogP contribution is 2.43. The van der Waals surface area contributed by atoms with Gasteiger partial charge in [0.15, 0.2) is 9.84 Å². The van der Waals surface area contributed by atoms with E-state index >= 15 is 0 Å². The number of aromatic nitrogens is 1. The first-order valence-electron chi connectivity index (χ1n) is 16.3. The van der Waals surface area contributed by atoms with Gasteiger partial charge in [-0.3, -0.25) is 19.1 Å². The molecule has 0 bridgehead atoms. The van der Waals surface area contributed by atoms with E-state index < -0.39 is 21.6 Å². The summed E-state index contributed by atoms with van der Waals surface area (Å²) in [6.07, 6.45) is 4.03. The first kappa shape index (κ1) is 33.0. The third kappa shape index (κ3) is 7.30. The zero-order valence-corrected chi connectivity index (χ0v) is 27.7. The lowest BCUT2D eigenvalue weighted by Crippen LogP contribution is -2.48. The minimum absolute atomic E-state index is 0.00985. The summed E-state index contributed by atoms with van der Waals surface area (Å²) >= 11 is 0. The Balaban J connectivity index is 1.13. The van der Waals surface area contributed by atoms with Crippen LogP contribution in [0.15, 0.2) is 36.4 Å². The summed E-state index contributed by atoms with van der Waals surface area (Å²) < 4.78 is 39.3. The van der Waals surface area contributed by atoms with Gasteiger partial charge in [0.05, 0.1) is 22.6 Å². The number of nitrogens with one attached hydrogen (secondary N) is 3. The summed E-state index contributed by atoms with van der Waals surface area (Å²) in [6.45, 7) is 6.14. The summed E-state index contributed by atoms with van der Waals surface area (Å²) in [5.41, 5.74) is 9.53. The Morgan fingerprint density at radius 3 is 2.40 bits per heavy atom. The largest absolute Gasteiger partial charge is 0.382 e. The molecular weight excluding hydrogens is 623 g/mol. The molecule has 3 heterocycles. The molecule has 3 amide bonds. The van der Waals surface area contributed by atoms with Gasteiger partial charge in [-0.25, -0.2) is 17.6 Å². The molecule has 3 aromatic rings. The van der Waals surface area contributed by atoms with Gasteiger partial charge in [0.1, 0.15) is 5.82 Å². The number of anilines is 1. The van der Waals surface area contributed by atoms with Crippen LogP contribution in [0.4, 0.5) is 14.9 Å². The van der Waals surface area contributed by atoms with Gasteiger partial charge in [-0.15, -0.1) is 0 Å². The Morgan fingerprint density at radius 2 is 1.70 bits per heavy atom. The van der Waals surface area contributed by atoms with Gasteiger partial charge >= 0.3 is 6.03 Å². The number of nitrogens with two attached hydrogens (primary N) is 1. The van der Waals surface area contributed by atoms with Gasteiger partial charge in [-0.05, 0) is 73.4 Å². The van der Waals surface area contributed by atoms with Crippen LogP contribution >= 0.6 is 0 Å². The van der Waals surface area contributed by atoms with E-state index in [0.29, 0.717) is 55.8 Å². The van der Waals surface area contributed by atoms with E-state index in [0.717, 1.165) is 47.9 Å². The van der Waals surface area contributed by atoms with E-state index in [9.17, 15) is 27.2 Å². The predicted octanol–water partition coefficient (Wildman–Crippen LogP) is 3.91. The maximum atomic E-state index is 14.4. The molecule has 2 aliphatic heterocycles. The lowest BCUT2D eigenvalue weighted by Gasteiger charge is -2.31. The Hall–Kier alpha value is -3.97. The van der Waals surface area contributed by atoms with Crippen molar-refractivity contribution in [3.63, 3.8) is 0 Å². The van der Waals surface area contributed by atoms with Gasteiger partial charge in [0.2, 0.25) is 5.91 Å². The van der Waals surface area contributed by atoms with Crippen molar-refractivity contribution < 1.29 is 27.2 Å². The summed E-state index contributed by atoms with van der Waals surface area (Å²) in [6, 6.07) is 9.79. The fourth-order valence-corrected chi connectivity index (χ4v) is 8.54. The summed E-state index contributed by atoms with van der Waals surface area (Å²) in [5.74, 6) is -0.710. The van der Waals surface area contributed by atoms with Crippen molar-refractivity contribution in [1.29, 1.82) is 0 Å². The molecule has 1 aromatic heterocycles.